The van der Waals surface area contributed by atoms with Crippen molar-refractivity contribution in [2.24, 2.45) is 5.73 Å². The number of nitrogens with two attached hydrogens (primary N) is 1. The molecule has 1 aliphatic heterocycles. The summed E-state index contributed by atoms with van der Waals surface area (Å²) in [6.07, 6.45) is 2.36. The topological polar surface area (TPSA) is 63.4 Å². The van der Waals surface area contributed by atoms with Gasteiger partial charge in [0.1, 0.15) is 0 Å². The van der Waals surface area contributed by atoms with Gasteiger partial charge in [-0.1, -0.05) is 0 Å². The first kappa shape index (κ1) is 9.98. The summed E-state index contributed by atoms with van der Waals surface area (Å²) in [6.45, 7) is 0.562. The van der Waals surface area contributed by atoms with E-state index in [0.29, 0.717) is 13.0 Å². The fourth-order valence-corrected chi connectivity index (χ4v) is 2.62. The van der Waals surface area contributed by atoms with E-state index in [1.807, 2.05) is 0 Å². The number of amides is 2. The van der Waals surface area contributed by atoms with E-state index in [1.165, 1.54) is 16.7 Å². The Morgan fingerprint density at radius 2 is 2.14 bits per heavy atom. The zero-order valence-electron chi connectivity index (χ0n) is 7.94. The molecule has 78 valence electrons. The lowest BCUT2D eigenvalue weighted by molar-refractivity contribution is -0.138. The van der Waals surface area contributed by atoms with Crippen molar-refractivity contribution in [3.05, 3.63) is 0 Å². The lowest BCUT2D eigenvalue weighted by Crippen LogP contribution is -2.33. The Morgan fingerprint density at radius 3 is 2.71 bits per heavy atom. The number of carbonyl (C=O) groups is 2. The molecule has 1 aliphatic carbocycles. The highest BCUT2D eigenvalue weighted by atomic mass is 32.2. The summed E-state index contributed by atoms with van der Waals surface area (Å²) in [5.41, 5.74) is 5.36. The van der Waals surface area contributed by atoms with Crippen LogP contribution >= 0.6 is 11.8 Å². The van der Waals surface area contributed by atoms with E-state index in [2.05, 4.69) is 0 Å². The third-order valence-electron chi connectivity index (χ3n) is 2.49. The fourth-order valence-electron chi connectivity index (χ4n) is 1.68. The molecule has 0 radical (unpaired) electrons. The third-order valence-corrected chi connectivity index (χ3v) is 3.73. The van der Waals surface area contributed by atoms with Crippen LogP contribution in [0.4, 0.5) is 0 Å². The minimum Gasteiger partial charge on any atom is -0.330 e. The second kappa shape index (κ2) is 3.90. The van der Waals surface area contributed by atoms with Crippen LogP contribution in [0.2, 0.25) is 0 Å². The van der Waals surface area contributed by atoms with Crippen molar-refractivity contribution in [3.63, 3.8) is 0 Å². The summed E-state index contributed by atoms with van der Waals surface area (Å²) in [7, 11) is 0. The first-order chi connectivity index (χ1) is 6.74. The smallest absolute Gasteiger partial charge is 0.243 e. The van der Waals surface area contributed by atoms with Crippen LogP contribution in [0, 0.1) is 0 Å². The molecule has 5 heteroatoms. The molecular weight excluding hydrogens is 200 g/mol. The van der Waals surface area contributed by atoms with Crippen LogP contribution in [0.15, 0.2) is 0 Å². The second-order valence-corrected chi connectivity index (χ2v) is 5.00. The molecule has 1 unspecified atom stereocenters. The van der Waals surface area contributed by atoms with Crippen LogP contribution in [0.1, 0.15) is 19.3 Å². The molecule has 0 bridgehead atoms. The van der Waals surface area contributed by atoms with Gasteiger partial charge in [-0.3, -0.25) is 14.5 Å². The Labute approximate surface area is 87.2 Å². The van der Waals surface area contributed by atoms with E-state index in [4.69, 9.17) is 5.73 Å². The molecule has 2 rings (SSSR count). The van der Waals surface area contributed by atoms with Crippen LogP contribution in [-0.4, -0.2) is 40.3 Å². The van der Waals surface area contributed by atoms with Crippen molar-refractivity contribution < 1.29 is 9.59 Å². The normalized spacial score (nSPS) is 27.5. The number of likely N-dealkylation sites (tertiary alicyclic amines) is 1. The summed E-state index contributed by atoms with van der Waals surface area (Å²) >= 11 is 1.51. The SMILES string of the molecule is NCCSC1CC(=O)N(C2CC2)C1=O. The van der Waals surface area contributed by atoms with Crippen LogP contribution in [0.25, 0.3) is 0 Å². The van der Waals surface area contributed by atoms with Gasteiger partial charge in [0.25, 0.3) is 0 Å². The molecular formula is C9H14N2O2S. The van der Waals surface area contributed by atoms with Gasteiger partial charge in [0.05, 0.1) is 5.25 Å². The molecule has 2 fully saturated rings. The molecule has 0 spiro atoms. The summed E-state index contributed by atoms with van der Waals surface area (Å²) in [4.78, 5) is 24.7. The number of hydrogen-bond donors (Lipinski definition) is 1. The number of rotatable bonds is 4. The van der Waals surface area contributed by atoms with E-state index in [0.717, 1.165) is 18.6 Å². The van der Waals surface area contributed by atoms with Crippen LogP contribution < -0.4 is 5.73 Å². The van der Waals surface area contributed by atoms with E-state index < -0.39 is 0 Å². The van der Waals surface area contributed by atoms with Gasteiger partial charge in [-0.05, 0) is 12.8 Å². The maximum Gasteiger partial charge on any atom is 0.243 e. The maximum atomic E-state index is 11.7. The van der Waals surface area contributed by atoms with Crippen molar-refractivity contribution in [1.82, 2.24) is 4.90 Å². The summed E-state index contributed by atoms with van der Waals surface area (Å²) in [5.74, 6) is 0.769. The number of thioether (sulfide) groups is 1. The van der Waals surface area contributed by atoms with Gasteiger partial charge in [-0.15, -0.1) is 11.8 Å². The second-order valence-electron chi connectivity index (χ2n) is 3.69. The highest BCUT2D eigenvalue weighted by molar-refractivity contribution is 8.00. The van der Waals surface area contributed by atoms with Gasteiger partial charge in [0.15, 0.2) is 0 Å². The van der Waals surface area contributed by atoms with Gasteiger partial charge in [-0.2, -0.15) is 0 Å². The van der Waals surface area contributed by atoms with Gasteiger partial charge in [0.2, 0.25) is 11.8 Å². The largest absolute Gasteiger partial charge is 0.330 e. The predicted molar refractivity (Wildman–Crippen MR) is 54.8 cm³/mol. The minimum absolute atomic E-state index is 0.00650. The molecule has 0 aromatic rings. The van der Waals surface area contributed by atoms with Gasteiger partial charge >= 0.3 is 0 Å². The zero-order chi connectivity index (χ0) is 10.1. The van der Waals surface area contributed by atoms with Crippen molar-refractivity contribution in [2.75, 3.05) is 12.3 Å². The maximum absolute atomic E-state index is 11.7. The highest BCUT2D eigenvalue weighted by Gasteiger charge is 2.45. The van der Waals surface area contributed by atoms with Crippen molar-refractivity contribution >= 4 is 23.6 Å². The van der Waals surface area contributed by atoms with Crippen molar-refractivity contribution in [3.8, 4) is 0 Å². The average Bonchev–Trinajstić information content (AvgIpc) is 2.92. The third kappa shape index (κ3) is 1.79. The predicted octanol–water partition coefficient (Wildman–Crippen LogP) is -0.0318. The minimum atomic E-state index is -0.161. The Morgan fingerprint density at radius 1 is 1.43 bits per heavy atom. The summed E-state index contributed by atoms with van der Waals surface area (Å²) < 4.78 is 0. The molecule has 0 aromatic heterocycles. The number of carbonyl (C=O) groups excluding carboxylic acids is 2. The van der Waals surface area contributed by atoms with E-state index >= 15 is 0 Å². The molecule has 1 atom stereocenters. The van der Waals surface area contributed by atoms with E-state index in [9.17, 15) is 9.59 Å². The highest BCUT2D eigenvalue weighted by Crippen LogP contribution is 2.34. The molecule has 4 nitrogen and oxygen atoms in total. The number of hydrogen-bond acceptors (Lipinski definition) is 4. The first-order valence-electron chi connectivity index (χ1n) is 4.91. The number of imide groups is 1. The van der Waals surface area contributed by atoms with Crippen LogP contribution in [-0.2, 0) is 9.59 Å². The molecule has 14 heavy (non-hydrogen) atoms. The summed E-state index contributed by atoms with van der Waals surface area (Å²) in [5, 5.41) is -0.161. The van der Waals surface area contributed by atoms with Crippen LogP contribution in [0.3, 0.4) is 0 Å². The van der Waals surface area contributed by atoms with E-state index in [1.54, 1.807) is 0 Å². The Kier molecular flexibility index (Phi) is 2.78. The lowest BCUT2D eigenvalue weighted by atomic mass is 10.4. The molecule has 1 saturated carbocycles. The molecule has 1 heterocycles. The Balaban J connectivity index is 1.96. The van der Waals surface area contributed by atoms with Gasteiger partial charge in [-0.25, -0.2) is 0 Å². The Hall–Kier alpha value is -0.550. The van der Waals surface area contributed by atoms with Crippen LogP contribution in [0.5, 0.6) is 0 Å². The summed E-state index contributed by atoms with van der Waals surface area (Å²) in [6, 6.07) is 0.221. The average molecular weight is 214 g/mol. The standard InChI is InChI=1S/C9H14N2O2S/c10-3-4-14-7-5-8(12)11(9(7)13)6-1-2-6/h6-7H,1-5,10H2. The molecule has 1 saturated heterocycles. The fraction of sp³-hybridized carbons (Fsp3) is 0.778. The molecule has 0 aromatic carbocycles. The van der Waals surface area contributed by atoms with Crippen molar-refractivity contribution in [2.45, 2.75) is 30.6 Å². The Bertz CT molecular complexity index is 266. The van der Waals surface area contributed by atoms with Crippen molar-refractivity contribution in [1.29, 1.82) is 0 Å². The molecule has 2 N–H and O–H groups in total. The molecule has 2 amide bonds. The monoisotopic (exact) mass is 214 g/mol. The molecule has 2 aliphatic rings. The number of nitrogens with zero attached hydrogens (tertiary/aromatic N) is 1. The van der Waals surface area contributed by atoms with Gasteiger partial charge in [0, 0.05) is 24.8 Å². The first-order valence-corrected chi connectivity index (χ1v) is 5.96. The van der Waals surface area contributed by atoms with Gasteiger partial charge < -0.3 is 5.73 Å². The van der Waals surface area contributed by atoms with E-state index in [-0.39, 0.29) is 23.1 Å². The zero-order valence-corrected chi connectivity index (χ0v) is 8.76. The quantitative estimate of drug-likeness (QED) is 0.667. The lowest BCUT2D eigenvalue weighted by Gasteiger charge is -2.12.